The first-order valence-corrected chi connectivity index (χ1v) is 9.00. The molecular weight excluding hydrogens is 334 g/mol. The normalized spacial score (nSPS) is 10.7. The van der Waals surface area contributed by atoms with E-state index in [-0.39, 0.29) is 5.91 Å². The summed E-state index contributed by atoms with van der Waals surface area (Å²) >= 11 is 7.12. The number of amides is 1. The topological polar surface area (TPSA) is 59.2 Å². The maximum absolute atomic E-state index is 12.2. The van der Waals surface area contributed by atoms with Gasteiger partial charge in [0.05, 0.1) is 5.75 Å². The lowest BCUT2D eigenvalue weighted by molar-refractivity contribution is -0.128. The monoisotopic (exact) mass is 353 g/mol. The van der Waals surface area contributed by atoms with Gasteiger partial charge in [0.1, 0.15) is 0 Å². The molecule has 0 aliphatic rings. The van der Waals surface area contributed by atoms with Gasteiger partial charge in [-0.25, -0.2) is 0 Å². The first-order chi connectivity index (χ1) is 11.1. The molecule has 0 saturated heterocycles. The smallest absolute Gasteiger partial charge is 0.277 e. The number of thioether (sulfide) groups is 1. The summed E-state index contributed by atoms with van der Waals surface area (Å²) in [5, 5.41) is 9.03. The predicted octanol–water partition coefficient (Wildman–Crippen LogP) is 4.13. The van der Waals surface area contributed by atoms with E-state index < -0.39 is 0 Å². The highest BCUT2D eigenvalue weighted by Crippen LogP contribution is 2.24. The Hall–Kier alpha value is -1.53. The molecule has 0 unspecified atom stereocenters. The second kappa shape index (κ2) is 8.93. The summed E-state index contributed by atoms with van der Waals surface area (Å²) < 4.78 is 5.58. The Balaban J connectivity index is 1.91. The first-order valence-electron chi connectivity index (χ1n) is 7.64. The summed E-state index contributed by atoms with van der Waals surface area (Å²) in [5.41, 5.74) is 0.804. The molecule has 23 heavy (non-hydrogen) atoms. The minimum atomic E-state index is 0.0946. The molecule has 2 aromatic rings. The van der Waals surface area contributed by atoms with Crippen LogP contribution >= 0.6 is 23.4 Å². The van der Waals surface area contributed by atoms with E-state index in [1.54, 1.807) is 12.1 Å². The molecule has 1 amide bonds. The zero-order valence-corrected chi connectivity index (χ0v) is 14.9. The highest BCUT2D eigenvalue weighted by Gasteiger charge is 2.14. The average Bonchev–Trinajstić information content (AvgIpc) is 3.03. The second-order valence-electron chi connectivity index (χ2n) is 5.00. The molecule has 0 atom stereocenters. The lowest BCUT2D eigenvalue weighted by Gasteiger charge is -2.19. The number of carbonyl (C=O) groups excluding carboxylic acids is 1. The number of rotatable bonds is 8. The molecular formula is C16H20ClN3O2S. The van der Waals surface area contributed by atoms with Gasteiger partial charge in [0.15, 0.2) is 0 Å². The second-order valence-corrected chi connectivity index (χ2v) is 6.36. The third kappa shape index (κ3) is 5.25. The van der Waals surface area contributed by atoms with Gasteiger partial charge in [-0.1, -0.05) is 36.7 Å². The van der Waals surface area contributed by atoms with E-state index in [0.29, 0.717) is 21.9 Å². The minimum Gasteiger partial charge on any atom is -0.411 e. The van der Waals surface area contributed by atoms with Crippen molar-refractivity contribution in [3.05, 3.63) is 29.3 Å². The third-order valence-corrected chi connectivity index (χ3v) is 4.39. The van der Waals surface area contributed by atoms with Crippen LogP contribution in [-0.2, 0) is 4.79 Å². The van der Waals surface area contributed by atoms with E-state index in [2.05, 4.69) is 17.1 Å². The molecule has 5 nitrogen and oxygen atoms in total. The predicted molar refractivity (Wildman–Crippen MR) is 92.6 cm³/mol. The molecule has 0 fully saturated rings. The van der Waals surface area contributed by atoms with Gasteiger partial charge < -0.3 is 9.32 Å². The van der Waals surface area contributed by atoms with Gasteiger partial charge in [-0.15, -0.1) is 10.2 Å². The van der Waals surface area contributed by atoms with Crippen molar-refractivity contribution in [1.29, 1.82) is 0 Å². The van der Waals surface area contributed by atoms with Crippen LogP contribution in [-0.4, -0.2) is 39.8 Å². The van der Waals surface area contributed by atoms with Crippen LogP contribution in [0.5, 0.6) is 0 Å². The zero-order valence-electron chi connectivity index (χ0n) is 13.3. The van der Waals surface area contributed by atoms with Gasteiger partial charge in [-0.05, 0) is 37.6 Å². The van der Waals surface area contributed by atoms with Gasteiger partial charge in [0, 0.05) is 23.7 Å². The quantitative estimate of drug-likeness (QED) is 0.668. The van der Waals surface area contributed by atoms with Gasteiger partial charge in [0.2, 0.25) is 11.8 Å². The maximum Gasteiger partial charge on any atom is 0.277 e. The summed E-state index contributed by atoms with van der Waals surface area (Å²) in [7, 11) is 0. The van der Waals surface area contributed by atoms with Crippen LogP contribution in [0.1, 0.15) is 26.7 Å². The highest BCUT2D eigenvalue weighted by atomic mass is 35.5. The van der Waals surface area contributed by atoms with Crippen LogP contribution in [0.25, 0.3) is 11.5 Å². The molecule has 0 aliphatic carbocycles. The SMILES string of the molecule is CCCCN(CC)C(=O)CSc1nnc(-c2ccc(Cl)cc2)o1. The molecule has 0 aliphatic heterocycles. The lowest BCUT2D eigenvalue weighted by Crippen LogP contribution is -2.33. The standard InChI is InChI=1S/C16H20ClN3O2S/c1-3-5-10-20(4-2)14(21)11-23-16-19-18-15(22-16)12-6-8-13(17)9-7-12/h6-9H,3-5,10-11H2,1-2H3. The molecule has 0 spiro atoms. The minimum absolute atomic E-state index is 0.0946. The summed E-state index contributed by atoms with van der Waals surface area (Å²) in [6.45, 7) is 5.62. The Labute approximate surface area is 145 Å². The number of aromatic nitrogens is 2. The van der Waals surface area contributed by atoms with Gasteiger partial charge in [0.25, 0.3) is 5.22 Å². The first kappa shape index (κ1) is 17.8. The Morgan fingerprint density at radius 1 is 1.26 bits per heavy atom. The number of unbranched alkanes of at least 4 members (excludes halogenated alkanes) is 1. The molecule has 0 N–H and O–H groups in total. The Kier molecular flexibility index (Phi) is 6.92. The van der Waals surface area contributed by atoms with Crippen molar-refractivity contribution < 1.29 is 9.21 Å². The molecule has 7 heteroatoms. The number of carbonyl (C=O) groups is 1. The van der Waals surface area contributed by atoms with Gasteiger partial charge in [-0.3, -0.25) is 4.79 Å². The van der Waals surface area contributed by atoms with E-state index in [4.69, 9.17) is 16.0 Å². The van der Waals surface area contributed by atoms with Crippen molar-refractivity contribution in [3.8, 4) is 11.5 Å². The van der Waals surface area contributed by atoms with Crippen molar-refractivity contribution in [2.45, 2.75) is 31.9 Å². The van der Waals surface area contributed by atoms with Crippen LogP contribution in [0.4, 0.5) is 0 Å². The summed E-state index contributed by atoms with van der Waals surface area (Å²) in [6, 6.07) is 7.17. The fraction of sp³-hybridized carbons (Fsp3) is 0.438. The molecule has 0 saturated carbocycles. The Morgan fingerprint density at radius 2 is 2.00 bits per heavy atom. The number of nitrogens with zero attached hydrogens (tertiary/aromatic N) is 3. The van der Waals surface area contributed by atoms with Crippen molar-refractivity contribution in [3.63, 3.8) is 0 Å². The summed E-state index contributed by atoms with van der Waals surface area (Å²) in [4.78, 5) is 14.0. The van der Waals surface area contributed by atoms with Crippen LogP contribution in [0, 0.1) is 0 Å². The average molecular weight is 354 g/mol. The number of hydrogen-bond donors (Lipinski definition) is 0. The molecule has 2 rings (SSSR count). The number of benzene rings is 1. The molecule has 1 aromatic heterocycles. The number of halogens is 1. The molecule has 124 valence electrons. The fourth-order valence-electron chi connectivity index (χ4n) is 2.00. The third-order valence-electron chi connectivity index (χ3n) is 3.33. The summed E-state index contributed by atoms with van der Waals surface area (Å²) in [6.07, 6.45) is 2.09. The molecule has 1 heterocycles. The summed E-state index contributed by atoms with van der Waals surface area (Å²) in [5.74, 6) is 0.826. The van der Waals surface area contributed by atoms with Crippen molar-refractivity contribution in [2.24, 2.45) is 0 Å². The Morgan fingerprint density at radius 3 is 2.65 bits per heavy atom. The largest absolute Gasteiger partial charge is 0.411 e. The van der Waals surface area contributed by atoms with Crippen LogP contribution < -0.4 is 0 Å². The highest BCUT2D eigenvalue weighted by molar-refractivity contribution is 7.99. The van der Waals surface area contributed by atoms with Gasteiger partial charge >= 0.3 is 0 Å². The van der Waals surface area contributed by atoms with E-state index in [0.717, 1.165) is 31.5 Å². The van der Waals surface area contributed by atoms with E-state index in [9.17, 15) is 4.79 Å². The Bertz CT molecular complexity index is 631. The fourth-order valence-corrected chi connectivity index (χ4v) is 2.79. The van der Waals surface area contributed by atoms with E-state index in [1.807, 2.05) is 24.0 Å². The van der Waals surface area contributed by atoms with Crippen molar-refractivity contribution in [2.75, 3.05) is 18.8 Å². The lowest BCUT2D eigenvalue weighted by atomic mass is 10.2. The van der Waals surface area contributed by atoms with Crippen LogP contribution in [0.2, 0.25) is 5.02 Å². The molecule has 1 aromatic carbocycles. The molecule has 0 radical (unpaired) electrons. The maximum atomic E-state index is 12.2. The zero-order chi connectivity index (χ0) is 16.7. The van der Waals surface area contributed by atoms with Crippen LogP contribution in [0.3, 0.4) is 0 Å². The van der Waals surface area contributed by atoms with E-state index in [1.165, 1.54) is 11.8 Å². The van der Waals surface area contributed by atoms with E-state index >= 15 is 0 Å². The van der Waals surface area contributed by atoms with Crippen molar-refractivity contribution >= 4 is 29.3 Å². The van der Waals surface area contributed by atoms with Crippen molar-refractivity contribution in [1.82, 2.24) is 15.1 Å². The molecule has 0 bridgehead atoms. The van der Waals surface area contributed by atoms with Gasteiger partial charge in [-0.2, -0.15) is 0 Å². The van der Waals surface area contributed by atoms with Crippen LogP contribution in [0.15, 0.2) is 33.9 Å². The number of hydrogen-bond acceptors (Lipinski definition) is 5.